The van der Waals surface area contributed by atoms with Crippen LogP contribution in [0.25, 0.3) is 0 Å². The monoisotopic (exact) mass is 404 g/mol. The van der Waals surface area contributed by atoms with E-state index in [-0.39, 0.29) is 0 Å². The first-order valence-electron chi connectivity index (χ1n) is 7.72. The highest BCUT2D eigenvalue weighted by molar-refractivity contribution is 7.48. The number of carbonyl (C=O) groups excluding carboxylic acids is 1. The summed E-state index contributed by atoms with van der Waals surface area (Å²) in [6.45, 7) is 1.58. The van der Waals surface area contributed by atoms with Gasteiger partial charge in [0, 0.05) is 6.20 Å². The Bertz CT molecular complexity index is 665. The Morgan fingerprint density at radius 1 is 1.46 bits per heavy atom. The number of phosphoric ester groups is 1. The number of alkyl halides is 3. The van der Waals surface area contributed by atoms with E-state index in [0.29, 0.717) is 11.1 Å². The van der Waals surface area contributed by atoms with Crippen molar-refractivity contribution in [2.75, 3.05) is 13.2 Å². The highest BCUT2D eigenvalue weighted by Gasteiger charge is 2.68. The molecule has 5 atom stereocenters. The van der Waals surface area contributed by atoms with E-state index in [2.05, 4.69) is 5.32 Å². The van der Waals surface area contributed by atoms with Gasteiger partial charge in [-0.25, -0.2) is 26.9 Å². The first kappa shape index (κ1) is 19.6. The van der Waals surface area contributed by atoms with Gasteiger partial charge in [0.25, 0.3) is 6.43 Å². The minimum atomic E-state index is -4.32. The number of urea groups is 1. The molecule has 8 nitrogen and oxygen atoms in total. The average molecular weight is 404 g/mol. The summed E-state index contributed by atoms with van der Waals surface area (Å²) in [7, 11) is -4.32. The molecule has 3 aliphatic rings. The van der Waals surface area contributed by atoms with Crippen molar-refractivity contribution in [3.05, 3.63) is 12.0 Å². The quantitative estimate of drug-likeness (QED) is 0.572. The summed E-state index contributed by atoms with van der Waals surface area (Å²) in [4.78, 5) is 12.3. The molecular weight excluding hydrogens is 387 g/mol. The Balaban J connectivity index is 1.91. The van der Waals surface area contributed by atoms with Crippen LogP contribution in [0.2, 0.25) is 0 Å². The molecule has 3 rings (SSSR count). The molecule has 0 aromatic carbocycles. The number of amides is 2. The molecular formula is C13H17F4N2O6P. The molecule has 2 amide bonds. The van der Waals surface area contributed by atoms with Crippen LogP contribution in [0.4, 0.5) is 22.4 Å². The molecule has 2 fully saturated rings. The van der Waals surface area contributed by atoms with Crippen LogP contribution < -0.4 is 5.32 Å². The number of hydrogen-bond donors (Lipinski definition) is 1. The van der Waals surface area contributed by atoms with Gasteiger partial charge in [0.15, 0.2) is 18.0 Å². The molecule has 3 aliphatic heterocycles. The van der Waals surface area contributed by atoms with Crippen LogP contribution in [-0.2, 0) is 22.9 Å². The lowest BCUT2D eigenvalue weighted by Gasteiger charge is -2.39. The van der Waals surface area contributed by atoms with Crippen molar-refractivity contribution in [3.8, 4) is 0 Å². The summed E-state index contributed by atoms with van der Waals surface area (Å²) in [5.74, 6) is -0.827. The number of rotatable bonds is 4. The largest absolute Gasteiger partial charge is 0.475 e. The Morgan fingerprint density at radius 2 is 2.15 bits per heavy atom. The van der Waals surface area contributed by atoms with Crippen LogP contribution in [0.5, 0.6) is 0 Å². The Morgan fingerprint density at radius 3 is 2.77 bits per heavy atom. The number of carbonyl (C=O) groups is 1. The van der Waals surface area contributed by atoms with E-state index in [0.717, 1.165) is 0 Å². The molecule has 2 saturated heterocycles. The summed E-state index contributed by atoms with van der Waals surface area (Å²) < 4.78 is 87.9. The smallest absolute Gasteiger partial charge is 0.337 e. The van der Waals surface area contributed by atoms with E-state index in [1.54, 1.807) is 0 Å². The number of halogens is 4. The first-order valence-corrected chi connectivity index (χ1v) is 9.18. The predicted molar refractivity (Wildman–Crippen MR) is 77.6 cm³/mol. The fourth-order valence-corrected chi connectivity index (χ4v) is 4.47. The van der Waals surface area contributed by atoms with Gasteiger partial charge in [0.1, 0.15) is 11.9 Å². The van der Waals surface area contributed by atoms with Gasteiger partial charge in [-0.1, -0.05) is 0 Å². The molecule has 0 aliphatic carbocycles. The lowest BCUT2D eigenvalue weighted by molar-refractivity contribution is -0.209. The summed E-state index contributed by atoms with van der Waals surface area (Å²) in [6, 6.07) is -0.940. The molecule has 26 heavy (non-hydrogen) atoms. The molecule has 1 N–H and O–H groups in total. The molecule has 0 radical (unpaired) electrons. The molecule has 0 bridgehead atoms. The third kappa shape index (κ3) is 3.24. The predicted octanol–water partition coefficient (Wildman–Crippen LogP) is 2.47. The van der Waals surface area contributed by atoms with Gasteiger partial charge < -0.3 is 10.1 Å². The molecule has 0 aromatic rings. The molecule has 1 unspecified atom stereocenters. The van der Waals surface area contributed by atoms with E-state index in [9.17, 15) is 26.9 Å². The zero-order valence-electron chi connectivity index (χ0n) is 13.7. The topological polar surface area (TPSA) is 86.3 Å². The third-order valence-corrected chi connectivity index (χ3v) is 5.59. The second-order valence-corrected chi connectivity index (χ2v) is 7.83. The van der Waals surface area contributed by atoms with Gasteiger partial charge in [-0.3, -0.25) is 18.5 Å². The van der Waals surface area contributed by atoms with Crippen LogP contribution in [0.15, 0.2) is 12.0 Å². The number of nitrogens with one attached hydrogen (secondary N) is 1. The van der Waals surface area contributed by atoms with Gasteiger partial charge in [0.2, 0.25) is 0 Å². The number of fused-ring (bicyclic) bond motifs is 1. The normalized spacial score (nSPS) is 40.6. The Labute approximate surface area is 146 Å². The van der Waals surface area contributed by atoms with E-state index < -0.39 is 69.5 Å². The van der Waals surface area contributed by atoms with Gasteiger partial charge in [-0.05, 0) is 13.8 Å². The number of nitrogens with zero attached hydrogens (tertiary/aromatic N) is 1. The fourth-order valence-electron chi connectivity index (χ4n) is 2.85. The molecule has 13 heteroatoms. The van der Waals surface area contributed by atoms with Crippen molar-refractivity contribution < 1.29 is 45.2 Å². The number of phosphoric acid groups is 1. The summed E-state index contributed by atoms with van der Waals surface area (Å²) in [6.07, 6.45) is -9.63. The minimum absolute atomic E-state index is 0.417. The maximum Gasteiger partial charge on any atom is 0.475 e. The van der Waals surface area contributed by atoms with Gasteiger partial charge >= 0.3 is 13.9 Å². The summed E-state index contributed by atoms with van der Waals surface area (Å²) in [5, 5.41) is 2.10. The van der Waals surface area contributed by atoms with Crippen LogP contribution >= 0.6 is 7.82 Å². The Hall–Kier alpha value is -1.20. The van der Waals surface area contributed by atoms with Crippen molar-refractivity contribution in [1.29, 1.82) is 0 Å². The summed E-state index contributed by atoms with van der Waals surface area (Å²) >= 11 is 0. The maximum atomic E-state index is 14.9. The highest BCUT2D eigenvalue weighted by Crippen LogP contribution is 2.60. The lowest BCUT2D eigenvalue weighted by Crippen LogP contribution is -2.55. The van der Waals surface area contributed by atoms with Crippen LogP contribution in [-0.4, -0.2) is 60.7 Å². The summed E-state index contributed by atoms with van der Waals surface area (Å²) in [5.41, 5.74) is -2.62. The minimum Gasteiger partial charge on any atom is -0.337 e. The second kappa shape index (κ2) is 6.75. The van der Waals surface area contributed by atoms with Crippen molar-refractivity contribution in [2.45, 2.75) is 50.5 Å². The van der Waals surface area contributed by atoms with Crippen molar-refractivity contribution in [2.24, 2.45) is 0 Å². The SMILES string of the molecule is CC(C)OP1(=O)OC[C@@]2(C(F)F)O[C@@H](N3C=C(F)CNC3=O)[C@H](F)[C@@H]2O1. The maximum absolute atomic E-state index is 14.9. The van der Waals surface area contributed by atoms with Crippen LogP contribution in [0.1, 0.15) is 13.8 Å². The van der Waals surface area contributed by atoms with E-state index >= 15 is 0 Å². The van der Waals surface area contributed by atoms with E-state index in [4.69, 9.17) is 18.3 Å². The highest BCUT2D eigenvalue weighted by atomic mass is 31.2. The van der Waals surface area contributed by atoms with E-state index in [1.165, 1.54) is 13.8 Å². The van der Waals surface area contributed by atoms with Crippen molar-refractivity contribution in [3.63, 3.8) is 0 Å². The first-order chi connectivity index (χ1) is 12.1. The molecule has 0 aromatic heterocycles. The number of hydrogen-bond acceptors (Lipinski definition) is 6. The zero-order chi connectivity index (χ0) is 19.3. The van der Waals surface area contributed by atoms with Gasteiger partial charge in [-0.15, -0.1) is 0 Å². The van der Waals surface area contributed by atoms with Crippen molar-refractivity contribution in [1.82, 2.24) is 10.2 Å². The molecule has 3 heterocycles. The van der Waals surface area contributed by atoms with Crippen LogP contribution in [0.3, 0.4) is 0 Å². The molecule has 148 valence electrons. The number of ether oxygens (including phenoxy) is 1. The third-order valence-electron chi connectivity index (χ3n) is 3.98. The zero-order valence-corrected chi connectivity index (χ0v) is 14.6. The lowest BCUT2D eigenvalue weighted by atomic mass is 9.97. The second-order valence-electron chi connectivity index (χ2n) is 6.25. The van der Waals surface area contributed by atoms with E-state index in [1.807, 2.05) is 0 Å². The van der Waals surface area contributed by atoms with Gasteiger partial charge in [0.05, 0.1) is 19.3 Å². The van der Waals surface area contributed by atoms with Crippen LogP contribution in [0, 0.1) is 0 Å². The fraction of sp³-hybridized carbons (Fsp3) is 0.769. The Kier molecular flexibility index (Phi) is 5.08. The van der Waals surface area contributed by atoms with Crippen molar-refractivity contribution >= 4 is 13.9 Å². The molecule has 0 spiro atoms. The standard InChI is InChI=1S/C13H17F4N2O6P/c1-6(2)24-26(21)22-5-13(11(16)17)9(25-26)8(15)10(23-13)19-4-7(14)3-18-12(19)20/h4,6,8-11H,3,5H2,1-2H3,(H,18,20)/t8-,9+,10-,13-,26?/m1/s1. The molecule has 0 saturated carbocycles. The van der Waals surface area contributed by atoms with Gasteiger partial charge in [-0.2, -0.15) is 0 Å². The average Bonchev–Trinajstić information content (AvgIpc) is 2.83.